The Morgan fingerprint density at radius 2 is 0.826 bits per heavy atom. The van der Waals surface area contributed by atoms with Gasteiger partial charge in [-0.15, -0.1) is 12.6 Å². The Bertz CT molecular complexity index is 800. The Labute approximate surface area is 144 Å². The summed E-state index contributed by atoms with van der Waals surface area (Å²) < 4.78 is 0. The molecule has 0 aromatic heterocycles. The molecule has 0 aliphatic carbocycles. The number of fused-ring (bicyclic) bond motifs is 2. The fourth-order valence-corrected chi connectivity index (χ4v) is 2.52. The fourth-order valence-electron chi connectivity index (χ4n) is 2.31. The normalized spacial score (nSPS) is 9.52. The molecule has 0 nitrogen and oxygen atoms in total. The summed E-state index contributed by atoms with van der Waals surface area (Å²) in [7, 11) is 0. The second-order valence-electron chi connectivity index (χ2n) is 4.88. The topological polar surface area (TPSA) is 0 Å². The predicted octanol–water partition coefficient (Wildman–Crippen LogP) is 6.99. The quantitative estimate of drug-likeness (QED) is 0.332. The van der Waals surface area contributed by atoms with E-state index in [4.69, 9.17) is 0 Å². The number of benzene rings is 4. The van der Waals surface area contributed by atoms with E-state index in [9.17, 15) is 0 Å². The molecular weight excluding hydrogens is 296 g/mol. The largest absolute Gasteiger partial charge is 0.143 e. The van der Waals surface area contributed by atoms with Crippen LogP contribution in [-0.2, 0) is 0 Å². The van der Waals surface area contributed by atoms with Gasteiger partial charge in [0, 0.05) is 4.90 Å². The first kappa shape index (κ1) is 17.1. The van der Waals surface area contributed by atoms with Crippen LogP contribution in [0.1, 0.15) is 13.8 Å². The van der Waals surface area contributed by atoms with Crippen LogP contribution in [0.2, 0.25) is 0 Å². The molecule has 23 heavy (non-hydrogen) atoms. The van der Waals surface area contributed by atoms with Crippen molar-refractivity contribution in [1.29, 1.82) is 0 Å². The van der Waals surface area contributed by atoms with E-state index in [0.717, 1.165) is 4.90 Å². The molecule has 0 aliphatic rings. The standard InChI is InChI=1S/C10H8S.C10H8.C2H6/c11-10-6-5-8-3-1-2-4-9(8)7-10;1-2-6-10-8-4-3-7-9(10)5-1;1-2/h1-7,11H;1-8H;1-2H3. The van der Waals surface area contributed by atoms with Gasteiger partial charge in [-0.25, -0.2) is 0 Å². The SMILES string of the molecule is CC.Sc1ccc2ccccc2c1.c1ccc2ccccc2c1. The van der Waals surface area contributed by atoms with Crippen molar-refractivity contribution in [3.8, 4) is 0 Å². The molecule has 116 valence electrons. The maximum absolute atomic E-state index is 4.26. The van der Waals surface area contributed by atoms with Crippen LogP contribution in [0.5, 0.6) is 0 Å². The van der Waals surface area contributed by atoms with Crippen molar-refractivity contribution in [2.45, 2.75) is 18.7 Å². The first-order valence-electron chi connectivity index (χ1n) is 7.94. The zero-order valence-electron chi connectivity index (χ0n) is 13.6. The summed E-state index contributed by atoms with van der Waals surface area (Å²) in [6.07, 6.45) is 0. The zero-order chi connectivity index (χ0) is 16.5. The minimum absolute atomic E-state index is 1.02. The third kappa shape index (κ3) is 4.87. The van der Waals surface area contributed by atoms with E-state index < -0.39 is 0 Å². The monoisotopic (exact) mass is 318 g/mol. The smallest absolute Gasteiger partial charge is 0.00463 e. The van der Waals surface area contributed by atoms with E-state index in [1.807, 2.05) is 32.0 Å². The molecule has 0 heterocycles. The highest BCUT2D eigenvalue weighted by Gasteiger charge is 1.90. The third-order valence-electron chi connectivity index (χ3n) is 3.39. The molecule has 0 saturated carbocycles. The van der Waals surface area contributed by atoms with Crippen molar-refractivity contribution in [3.63, 3.8) is 0 Å². The summed E-state index contributed by atoms with van der Waals surface area (Å²) in [6.45, 7) is 4.00. The van der Waals surface area contributed by atoms with Gasteiger partial charge in [0.1, 0.15) is 0 Å². The third-order valence-corrected chi connectivity index (χ3v) is 3.67. The van der Waals surface area contributed by atoms with Gasteiger partial charge in [-0.3, -0.25) is 0 Å². The van der Waals surface area contributed by atoms with Gasteiger partial charge in [-0.05, 0) is 33.7 Å². The van der Waals surface area contributed by atoms with E-state index in [0.29, 0.717) is 0 Å². The van der Waals surface area contributed by atoms with Crippen molar-refractivity contribution in [2.24, 2.45) is 0 Å². The van der Waals surface area contributed by atoms with Crippen molar-refractivity contribution in [1.82, 2.24) is 0 Å². The van der Waals surface area contributed by atoms with Gasteiger partial charge >= 0.3 is 0 Å². The lowest BCUT2D eigenvalue weighted by Crippen LogP contribution is -1.70. The second kappa shape index (κ2) is 9.02. The summed E-state index contributed by atoms with van der Waals surface area (Å²) >= 11 is 4.26. The summed E-state index contributed by atoms with van der Waals surface area (Å²) in [5.74, 6) is 0. The lowest BCUT2D eigenvalue weighted by molar-refractivity contribution is 1.50. The molecule has 0 radical (unpaired) electrons. The first-order valence-corrected chi connectivity index (χ1v) is 8.39. The molecule has 0 N–H and O–H groups in total. The summed E-state index contributed by atoms with van der Waals surface area (Å²) in [6, 6.07) is 31.1. The summed E-state index contributed by atoms with van der Waals surface area (Å²) in [5.41, 5.74) is 0. The van der Waals surface area contributed by atoms with Crippen LogP contribution in [0.15, 0.2) is 95.9 Å². The molecule has 4 aromatic carbocycles. The summed E-state index contributed by atoms with van der Waals surface area (Å²) in [5, 5.41) is 5.14. The van der Waals surface area contributed by atoms with Crippen LogP contribution in [0, 0.1) is 0 Å². The Hall–Kier alpha value is -2.25. The van der Waals surface area contributed by atoms with Crippen molar-refractivity contribution < 1.29 is 0 Å². The molecule has 0 amide bonds. The highest BCUT2D eigenvalue weighted by Crippen LogP contribution is 2.17. The van der Waals surface area contributed by atoms with Crippen molar-refractivity contribution >= 4 is 34.2 Å². The molecule has 1 heteroatoms. The minimum Gasteiger partial charge on any atom is -0.143 e. The van der Waals surface area contributed by atoms with Gasteiger partial charge in [-0.2, -0.15) is 0 Å². The maximum atomic E-state index is 4.26. The molecule has 0 fully saturated rings. The molecular formula is C22H22S. The van der Waals surface area contributed by atoms with Gasteiger partial charge in [0.2, 0.25) is 0 Å². The van der Waals surface area contributed by atoms with Crippen molar-refractivity contribution in [3.05, 3.63) is 91.0 Å². The minimum atomic E-state index is 1.02. The lowest BCUT2D eigenvalue weighted by Gasteiger charge is -1.96. The van der Waals surface area contributed by atoms with Crippen LogP contribution in [-0.4, -0.2) is 0 Å². The first-order chi connectivity index (χ1) is 11.3. The average molecular weight is 318 g/mol. The average Bonchev–Trinajstić information content (AvgIpc) is 2.64. The Kier molecular flexibility index (Phi) is 6.71. The molecule has 4 aromatic rings. The Morgan fingerprint density at radius 3 is 1.26 bits per heavy atom. The molecule has 4 rings (SSSR count). The van der Waals surface area contributed by atoms with Crippen LogP contribution in [0.3, 0.4) is 0 Å². The number of rotatable bonds is 0. The molecule has 0 aliphatic heterocycles. The Morgan fingerprint density at radius 1 is 0.478 bits per heavy atom. The summed E-state index contributed by atoms with van der Waals surface area (Å²) in [4.78, 5) is 1.02. The lowest BCUT2D eigenvalue weighted by atomic mass is 10.1. The number of thiol groups is 1. The van der Waals surface area contributed by atoms with Gasteiger partial charge in [0.25, 0.3) is 0 Å². The van der Waals surface area contributed by atoms with Crippen LogP contribution >= 0.6 is 12.6 Å². The van der Waals surface area contributed by atoms with E-state index in [-0.39, 0.29) is 0 Å². The van der Waals surface area contributed by atoms with Gasteiger partial charge < -0.3 is 0 Å². The predicted molar refractivity (Wildman–Crippen MR) is 106 cm³/mol. The molecule has 0 bridgehead atoms. The zero-order valence-corrected chi connectivity index (χ0v) is 14.5. The maximum Gasteiger partial charge on any atom is 0.00463 e. The second-order valence-corrected chi connectivity index (χ2v) is 5.40. The van der Waals surface area contributed by atoms with Crippen LogP contribution < -0.4 is 0 Å². The molecule has 0 atom stereocenters. The Balaban J connectivity index is 0.000000152. The van der Waals surface area contributed by atoms with Crippen molar-refractivity contribution in [2.75, 3.05) is 0 Å². The van der Waals surface area contributed by atoms with Gasteiger partial charge in [0.15, 0.2) is 0 Å². The van der Waals surface area contributed by atoms with Crippen LogP contribution in [0.4, 0.5) is 0 Å². The fraction of sp³-hybridized carbons (Fsp3) is 0.0909. The van der Waals surface area contributed by atoms with E-state index in [2.05, 4.69) is 85.4 Å². The number of hydrogen-bond donors (Lipinski definition) is 1. The highest BCUT2D eigenvalue weighted by molar-refractivity contribution is 7.80. The highest BCUT2D eigenvalue weighted by atomic mass is 32.1. The van der Waals surface area contributed by atoms with Gasteiger partial charge in [-0.1, -0.05) is 92.7 Å². The molecule has 0 saturated heterocycles. The van der Waals surface area contributed by atoms with Gasteiger partial charge in [0.05, 0.1) is 0 Å². The van der Waals surface area contributed by atoms with E-state index in [1.165, 1.54) is 21.5 Å². The van der Waals surface area contributed by atoms with E-state index >= 15 is 0 Å². The van der Waals surface area contributed by atoms with Crippen LogP contribution in [0.25, 0.3) is 21.5 Å². The molecule has 0 spiro atoms. The molecule has 0 unspecified atom stereocenters. The number of hydrogen-bond acceptors (Lipinski definition) is 1. The van der Waals surface area contributed by atoms with E-state index in [1.54, 1.807) is 0 Å².